The van der Waals surface area contributed by atoms with E-state index < -0.39 is 5.91 Å². The molecule has 0 spiro atoms. The fourth-order valence-corrected chi connectivity index (χ4v) is 5.35. The zero-order valence-corrected chi connectivity index (χ0v) is 33.1. The van der Waals surface area contributed by atoms with E-state index in [0.29, 0.717) is 32.2 Å². The van der Waals surface area contributed by atoms with Crippen LogP contribution >= 0.6 is 23.2 Å². The standard InChI is InChI=1S/C23H16ClN3O3.C16H11ClN2O2.2CH4.2CH3.Cr.Fe/c24-15-10-11-20(28)19(13-15)26-27-21-17-9-5-4-6-14(17)12-18(22(21)29)23(30)25-16-7-2-1-3-8-16;17-11-6-8-14(20)13(9-11)18-19-16-12-4-2-1-3-10(12)5-7-15(16)21;;;;;;/h1-13,28-29H,(H,25,30);1-9,20-21H;2*1H4;2*1H3;;/q;;;;2*-1;;. The second-order valence-electron chi connectivity index (χ2n) is 11.0. The van der Waals surface area contributed by atoms with Crippen LogP contribution < -0.4 is 5.32 Å². The van der Waals surface area contributed by atoms with Crippen molar-refractivity contribution in [3.63, 3.8) is 0 Å². The number of aromatic hydroxyl groups is 4. The van der Waals surface area contributed by atoms with E-state index in [9.17, 15) is 25.2 Å². The maximum Gasteiger partial charge on any atom is 0.259 e. The molecule has 7 aromatic rings. The Morgan fingerprint density at radius 3 is 1.54 bits per heavy atom. The topological polar surface area (TPSA) is 159 Å². The summed E-state index contributed by atoms with van der Waals surface area (Å²) in [6.45, 7) is 0. The van der Waals surface area contributed by atoms with Crippen LogP contribution in [0.3, 0.4) is 0 Å². The van der Waals surface area contributed by atoms with Gasteiger partial charge in [0.25, 0.3) is 5.91 Å². The van der Waals surface area contributed by atoms with Gasteiger partial charge in [0.15, 0.2) is 5.75 Å². The number of phenols is 4. The van der Waals surface area contributed by atoms with Gasteiger partial charge in [-0.2, -0.15) is 0 Å². The molecule has 0 atom stereocenters. The number of azo groups is 2. The molecule has 0 saturated carbocycles. The second kappa shape index (κ2) is 23.6. The van der Waals surface area contributed by atoms with Crippen molar-refractivity contribution in [1.82, 2.24) is 0 Å². The number of nitrogens with zero attached hydrogens (tertiary/aromatic N) is 4. The zero-order chi connectivity index (χ0) is 35.9. The van der Waals surface area contributed by atoms with Crippen LogP contribution in [0.5, 0.6) is 23.0 Å². The van der Waals surface area contributed by atoms with Crippen LogP contribution in [0.15, 0.2) is 154 Å². The Labute approximate surface area is 364 Å². The van der Waals surface area contributed by atoms with E-state index in [0.717, 1.165) is 10.8 Å². The van der Waals surface area contributed by atoms with Gasteiger partial charge in [-0.1, -0.05) is 111 Å². The molecule has 10 nitrogen and oxygen atoms in total. The summed E-state index contributed by atoms with van der Waals surface area (Å²) in [4.78, 5) is 12.8. The third-order valence-electron chi connectivity index (χ3n) is 7.54. The van der Waals surface area contributed by atoms with E-state index >= 15 is 0 Å². The molecular weight excluding hydrogens is 845 g/mol. The first-order valence-corrected chi connectivity index (χ1v) is 16.1. The van der Waals surface area contributed by atoms with E-state index in [4.69, 9.17) is 23.2 Å². The van der Waals surface area contributed by atoms with Crippen LogP contribution in [0.2, 0.25) is 10.0 Å². The summed E-state index contributed by atoms with van der Waals surface area (Å²) in [5, 5.41) is 63.3. The number of halogens is 2. The monoisotopic (exact) mass is 885 g/mol. The van der Waals surface area contributed by atoms with Gasteiger partial charge in [0.2, 0.25) is 0 Å². The molecule has 5 N–H and O–H groups in total. The Bertz CT molecular complexity index is 2470. The van der Waals surface area contributed by atoms with Crippen molar-refractivity contribution < 1.29 is 59.7 Å². The molecule has 0 saturated heterocycles. The number of fused-ring (bicyclic) bond motifs is 2. The molecule has 0 bridgehead atoms. The van der Waals surface area contributed by atoms with E-state index in [1.807, 2.05) is 42.5 Å². The number of nitrogens with one attached hydrogen (secondary N) is 1. The molecule has 57 heavy (non-hydrogen) atoms. The largest absolute Gasteiger partial charge is 0.506 e. The van der Waals surface area contributed by atoms with Crippen molar-refractivity contribution in [1.29, 1.82) is 0 Å². The number of phenolic OH excluding ortho intramolecular Hbond substituents is 4. The number of anilines is 1. The van der Waals surface area contributed by atoms with Crippen LogP contribution in [0.25, 0.3) is 21.5 Å². The van der Waals surface area contributed by atoms with Gasteiger partial charge in [0, 0.05) is 60.9 Å². The van der Waals surface area contributed by atoms with Gasteiger partial charge in [-0.3, -0.25) is 4.79 Å². The van der Waals surface area contributed by atoms with Gasteiger partial charge in [-0.15, -0.1) is 20.5 Å². The summed E-state index contributed by atoms with van der Waals surface area (Å²) in [5.41, 5.74) is 1.52. The minimum atomic E-state index is -0.480. The molecule has 0 fully saturated rings. The summed E-state index contributed by atoms with van der Waals surface area (Å²) >= 11 is 11.8. The molecule has 298 valence electrons. The first-order valence-electron chi connectivity index (χ1n) is 15.3. The molecule has 7 rings (SSSR count). The van der Waals surface area contributed by atoms with Crippen LogP contribution in [-0.2, 0) is 34.4 Å². The number of hydrogen-bond acceptors (Lipinski definition) is 9. The average Bonchev–Trinajstić information content (AvgIpc) is 3.14. The Kier molecular flexibility index (Phi) is 21.3. The normalized spacial score (nSPS) is 10.0. The molecule has 0 heterocycles. The predicted molar refractivity (Wildman–Crippen MR) is 226 cm³/mol. The number of rotatable bonds is 6. The van der Waals surface area contributed by atoms with Gasteiger partial charge in [0.1, 0.15) is 40.0 Å². The zero-order valence-electron chi connectivity index (χ0n) is 29.2. The Balaban J connectivity index is 0.00000104. The van der Waals surface area contributed by atoms with Gasteiger partial charge in [-0.05, 0) is 71.4 Å². The molecular formula is C43H41Cl2CrFeN5O5-2. The van der Waals surface area contributed by atoms with Crippen LogP contribution in [0.4, 0.5) is 28.4 Å². The van der Waals surface area contributed by atoms with E-state index in [-0.39, 0.29) is 110 Å². The number of hydrogen-bond donors (Lipinski definition) is 5. The number of amides is 1. The fourth-order valence-electron chi connectivity index (χ4n) is 5.02. The summed E-state index contributed by atoms with van der Waals surface area (Å²) in [6.07, 6.45) is 0. The van der Waals surface area contributed by atoms with Crippen LogP contribution in [-0.4, -0.2) is 26.3 Å². The molecule has 14 heteroatoms. The molecule has 1 amide bonds. The molecule has 0 radical (unpaired) electrons. The van der Waals surface area contributed by atoms with Crippen molar-refractivity contribution in [2.24, 2.45) is 20.5 Å². The van der Waals surface area contributed by atoms with E-state index in [1.54, 1.807) is 60.7 Å². The second-order valence-corrected chi connectivity index (χ2v) is 11.9. The van der Waals surface area contributed by atoms with Crippen LogP contribution in [0, 0.1) is 14.9 Å². The quantitative estimate of drug-likeness (QED) is 0.0638. The molecule has 0 aliphatic carbocycles. The number of para-hydroxylation sites is 1. The third kappa shape index (κ3) is 12.5. The van der Waals surface area contributed by atoms with Gasteiger partial charge < -0.3 is 40.6 Å². The van der Waals surface area contributed by atoms with Crippen LogP contribution in [0.1, 0.15) is 25.2 Å². The van der Waals surface area contributed by atoms with E-state index in [1.165, 1.54) is 30.3 Å². The van der Waals surface area contributed by atoms with Crippen molar-refractivity contribution in [3.05, 3.63) is 164 Å². The molecule has 0 aliphatic rings. The molecule has 7 aromatic carbocycles. The average molecular weight is 887 g/mol. The summed E-state index contributed by atoms with van der Waals surface area (Å²) in [7, 11) is 0. The molecule has 0 aliphatic heterocycles. The summed E-state index contributed by atoms with van der Waals surface area (Å²) < 4.78 is 0. The van der Waals surface area contributed by atoms with Gasteiger partial charge >= 0.3 is 0 Å². The summed E-state index contributed by atoms with van der Waals surface area (Å²) in [5.74, 6) is -0.898. The van der Waals surface area contributed by atoms with Gasteiger partial charge in [0.05, 0.1) is 5.56 Å². The minimum absolute atomic E-state index is 0. The molecule has 0 unspecified atom stereocenters. The first kappa shape index (κ1) is 51.6. The van der Waals surface area contributed by atoms with E-state index in [2.05, 4.69) is 25.8 Å². The SMILES string of the molecule is C.C.O=C(Nc1ccccc1)c1cc2ccccc2c(N=Nc2cc(Cl)ccc2O)c1O.Oc1ccc(Cl)cc1N=Nc1c(O)ccc2ccccc12.[CH3-].[CH3-].[Cr].[Fe]. The molecule has 0 aromatic heterocycles. The Hall–Kier alpha value is -5.44. The number of carbonyl (C=O) groups is 1. The minimum Gasteiger partial charge on any atom is -0.506 e. The summed E-state index contributed by atoms with van der Waals surface area (Å²) in [6, 6.07) is 37.5. The van der Waals surface area contributed by atoms with Crippen molar-refractivity contribution >= 4 is 79.1 Å². The maximum atomic E-state index is 12.8. The Morgan fingerprint density at radius 2 is 0.982 bits per heavy atom. The number of carbonyl (C=O) groups excluding carboxylic acids is 1. The maximum absolute atomic E-state index is 12.8. The number of benzene rings is 7. The first-order chi connectivity index (χ1) is 24.7. The Morgan fingerprint density at radius 1 is 0.526 bits per heavy atom. The fraction of sp³-hybridized carbons (Fsp3) is 0.0465. The predicted octanol–water partition coefficient (Wildman–Crippen LogP) is 14.1. The van der Waals surface area contributed by atoms with Gasteiger partial charge in [-0.25, -0.2) is 0 Å². The third-order valence-corrected chi connectivity index (χ3v) is 8.01. The van der Waals surface area contributed by atoms with Crippen molar-refractivity contribution in [2.75, 3.05) is 5.32 Å². The van der Waals surface area contributed by atoms with Crippen molar-refractivity contribution in [3.8, 4) is 23.0 Å². The van der Waals surface area contributed by atoms with Crippen molar-refractivity contribution in [2.45, 2.75) is 14.9 Å². The smallest absolute Gasteiger partial charge is 0.259 e.